The summed E-state index contributed by atoms with van der Waals surface area (Å²) < 4.78 is 18.8. The lowest BCUT2D eigenvalue weighted by atomic mass is 10.3. The highest BCUT2D eigenvalue weighted by molar-refractivity contribution is 6.42. The van der Waals surface area contributed by atoms with Crippen molar-refractivity contribution in [1.29, 1.82) is 0 Å². The fraction of sp³-hybridized carbons (Fsp3) is 0.143. The summed E-state index contributed by atoms with van der Waals surface area (Å²) in [4.78, 5) is 0. The van der Waals surface area contributed by atoms with Crippen LogP contribution >= 0.6 is 23.2 Å². The molecule has 19 heavy (non-hydrogen) atoms. The first kappa shape index (κ1) is 14.0. The molecule has 0 saturated carbocycles. The van der Waals surface area contributed by atoms with Crippen LogP contribution in [0.2, 0.25) is 10.0 Å². The van der Waals surface area contributed by atoms with Gasteiger partial charge in [-0.3, -0.25) is 0 Å². The van der Waals surface area contributed by atoms with E-state index in [-0.39, 0.29) is 5.82 Å². The van der Waals surface area contributed by atoms with Gasteiger partial charge in [0.2, 0.25) is 0 Å². The van der Waals surface area contributed by atoms with Gasteiger partial charge in [0.25, 0.3) is 0 Å². The molecule has 2 nitrogen and oxygen atoms in total. The average molecular weight is 300 g/mol. The lowest BCUT2D eigenvalue weighted by molar-refractivity contribution is 0.333. The summed E-state index contributed by atoms with van der Waals surface area (Å²) in [5, 5.41) is 3.88. The fourth-order valence-electron chi connectivity index (χ4n) is 1.53. The molecule has 100 valence electrons. The van der Waals surface area contributed by atoms with Crippen LogP contribution in [0.15, 0.2) is 42.5 Å². The number of rotatable bonds is 5. The van der Waals surface area contributed by atoms with Crippen LogP contribution < -0.4 is 10.1 Å². The molecule has 2 aromatic rings. The summed E-state index contributed by atoms with van der Waals surface area (Å²) in [7, 11) is 0. The first-order valence-electron chi connectivity index (χ1n) is 5.73. The van der Waals surface area contributed by atoms with Gasteiger partial charge in [-0.05, 0) is 24.3 Å². The maximum absolute atomic E-state index is 13.3. The third-order valence-electron chi connectivity index (χ3n) is 2.45. The van der Waals surface area contributed by atoms with E-state index in [2.05, 4.69) is 5.32 Å². The zero-order valence-electron chi connectivity index (χ0n) is 10.00. The Labute approximate surface area is 121 Å². The minimum Gasteiger partial charge on any atom is -0.492 e. The van der Waals surface area contributed by atoms with E-state index in [1.54, 1.807) is 36.4 Å². The summed E-state index contributed by atoms with van der Waals surface area (Å²) >= 11 is 11.7. The maximum Gasteiger partial charge on any atom is 0.146 e. The normalized spacial score (nSPS) is 10.3. The Morgan fingerprint density at radius 3 is 2.58 bits per heavy atom. The molecule has 0 saturated heterocycles. The number of halogens is 3. The van der Waals surface area contributed by atoms with Gasteiger partial charge in [-0.25, -0.2) is 4.39 Å². The Morgan fingerprint density at radius 2 is 1.84 bits per heavy atom. The van der Waals surface area contributed by atoms with Gasteiger partial charge >= 0.3 is 0 Å². The molecule has 2 rings (SSSR count). The first-order chi connectivity index (χ1) is 9.16. The van der Waals surface area contributed by atoms with Gasteiger partial charge < -0.3 is 10.1 Å². The van der Waals surface area contributed by atoms with E-state index in [4.69, 9.17) is 27.9 Å². The Kier molecular flexibility index (Phi) is 4.88. The van der Waals surface area contributed by atoms with Gasteiger partial charge in [0, 0.05) is 12.6 Å². The van der Waals surface area contributed by atoms with Crippen molar-refractivity contribution in [3.8, 4) is 5.75 Å². The molecule has 0 fully saturated rings. The summed E-state index contributed by atoms with van der Waals surface area (Å²) in [5.41, 5.74) is 0.459. The molecule has 0 radical (unpaired) electrons. The van der Waals surface area contributed by atoms with Crippen molar-refractivity contribution in [2.24, 2.45) is 0 Å². The Bertz CT molecular complexity index is 563. The fourth-order valence-corrected chi connectivity index (χ4v) is 1.81. The van der Waals surface area contributed by atoms with Crippen LogP contribution in [-0.4, -0.2) is 13.2 Å². The van der Waals surface area contributed by atoms with Crippen molar-refractivity contribution in [2.45, 2.75) is 0 Å². The second kappa shape index (κ2) is 6.64. The minimum atomic E-state index is -0.281. The van der Waals surface area contributed by atoms with Crippen molar-refractivity contribution in [2.75, 3.05) is 18.5 Å². The molecule has 0 atom stereocenters. The highest BCUT2D eigenvalue weighted by Gasteiger charge is 2.01. The predicted molar refractivity (Wildman–Crippen MR) is 76.8 cm³/mol. The molecule has 0 aromatic heterocycles. The summed E-state index contributed by atoms with van der Waals surface area (Å²) in [6, 6.07) is 11.5. The highest BCUT2D eigenvalue weighted by atomic mass is 35.5. The summed E-state index contributed by atoms with van der Waals surface area (Å²) in [6.45, 7) is 0.882. The molecular formula is C14H12Cl2FNO. The number of anilines is 1. The second-order valence-corrected chi connectivity index (χ2v) is 4.65. The van der Waals surface area contributed by atoms with Crippen LogP contribution in [-0.2, 0) is 0 Å². The molecule has 0 bridgehead atoms. The number of ether oxygens (including phenoxy) is 1. The van der Waals surface area contributed by atoms with Crippen LogP contribution in [0.3, 0.4) is 0 Å². The van der Waals surface area contributed by atoms with Crippen molar-refractivity contribution in [1.82, 2.24) is 0 Å². The van der Waals surface area contributed by atoms with Gasteiger partial charge in [-0.1, -0.05) is 35.3 Å². The van der Waals surface area contributed by atoms with Crippen molar-refractivity contribution >= 4 is 28.9 Å². The van der Waals surface area contributed by atoms with E-state index in [9.17, 15) is 4.39 Å². The van der Waals surface area contributed by atoms with E-state index >= 15 is 0 Å². The van der Waals surface area contributed by atoms with Crippen LogP contribution in [0.1, 0.15) is 0 Å². The first-order valence-corrected chi connectivity index (χ1v) is 6.48. The van der Waals surface area contributed by atoms with Crippen molar-refractivity contribution in [3.05, 3.63) is 58.3 Å². The SMILES string of the molecule is Fc1ccccc1NCCOc1ccc(Cl)c(Cl)c1. The number of nitrogens with one attached hydrogen (secondary N) is 1. The Hall–Kier alpha value is -1.45. The Morgan fingerprint density at radius 1 is 1.05 bits per heavy atom. The van der Waals surface area contributed by atoms with Crippen LogP contribution in [0.25, 0.3) is 0 Å². The quantitative estimate of drug-likeness (QED) is 0.813. The minimum absolute atomic E-state index is 0.281. The van der Waals surface area contributed by atoms with E-state index in [0.29, 0.717) is 34.6 Å². The van der Waals surface area contributed by atoms with Crippen molar-refractivity contribution < 1.29 is 9.13 Å². The van der Waals surface area contributed by atoms with Gasteiger partial charge in [0.1, 0.15) is 18.2 Å². The van der Waals surface area contributed by atoms with Gasteiger partial charge in [0.05, 0.1) is 15.7 Å². The zero-order valence-corrected chi connectivity index (χ0v) is 11.5. The number of hydrogen-bond acceptors (Lipinski definition) is 2. The van der Waals surface area contributed by atoms with Gasteiger partial charge in [-0.2, -0.15) is 0 Å². The van der Waals surface area contributed by atoms with E-state index in [1.807, 2.05) is 0 Å². The molecule has 0 unspecified atom stereocenters. The smallest absolute Gasteiger partial charge is 0.146 e. The van der Waals surface area contributed by atoms with E-state index in [1.165, 1.54) is 6.07 Å². The molecule has 2 aromatic carbocycles. The van der Waals surface area contributed by atoms with Crippen molar-refractivity contribution in [3.63, 3.8) is 0 Å². The highest BCUT2D eigenvalue weighted by Crippen LogP contribution is 2.26. The molecule has 0 heterocycles. The molecule has 0 aliphatic rings. The van der Waals surface area contributed by atoms with Crippen LogP contribution in [0.4, 0.5) is 10.1 Å². The molecule has 0 aliphatic heterocycles. The van der Waals surface area contributed by atoms with E-state index < -0.39 is 0 Å². The predicted octanol–water partition coefficient (Wildman–Crippen LogP) is 4.62. The average Bonchev–Trinajstić information content (AvgIpc) is 2.40. The van der Waals surface area contributed by atoms with Crippen LogP contribution in [0.5, 0.6) is 5.75 Å². The standard InChI is InChI=1S/C14H12Cl2FNO/c15-11-6-5-10(9-12(11)16)19-8-7-18-14-4-2-1-3-13(14)17/h1-6,9,18H,7-8H2. The Balaban J connectivity index is 1.81. The maximum atomic E-state index is 13.3. The number of para-hydroxylation sites is 1. The summed E-state index contributed by atoms with van der Waals surface area (Å²) in [5.74, 6) is 0.349. The molecule has 1 N–H and O–H groups in total. The van der Waals surface area contributed by atoms with Gasteiger partial charge in [-0.15, -0.1) is 0 Å². The van der Waals surface area contributed by atoms with Gasteiger partial charge in [0.15, 0.2) is 0 Å². The molecule has 0 aliphatic carbocycles. The lowest BCUT2D eigenvalue weighted by Crippen LogP contribution is -2.12. The molecule has 0 spiro atoms. The second-order valence-electron chi connectivity index (χ2n) is 3.83. The number of benzene rings is 2. The lowest BCUT2D eigenvalue weighted by Gasteiger charge is -2.09. The molecule has 5 heteroatoms. The topological polar surface area (TPSA) is 21.3 Å². The monoisotopic (exact) mass is 299 g/mol. The zero-order chi connectivity index (χ0) is 13.7. The van der Waals surface area contributed by atoms with E-state index in [0.717, 1.165) is 0 Å². The third kappa shape index (κ3) is 4.01. The number of hydrogen-bond donors (Lipinski definition) is 1. The largest absolute Gasteiger partial charge is 0.492 e. The summed E-state index contributed by atoms with van der Waals surface area (Å²) in [6.07, 6.45) is 0. The third-order valence-corrected chi connectivity index (χ3v) is 3.19. The molecule has 0 amide bonds. The molecular weight excluding hydrogens is 288 g/mol. The van der Waals surface area contributed by atoms with Crippen LogP contribution in [0, 0.1) is 5.82 Å².